The minimum atomic E-state index is 0.721. The van der Waals surface area contributed by atoms with Gasteiger partial charge >= 0.3 is 0 Å². The van der Waals surface area contributed by atoms with Crippen LogP contribution in [0.15, 0.2) is 30.6 Å². The fourth-order valence-corrected chi connectivity index (χ4v) is 3.22. The van der Waals surface area contributed by atoms with Crippen molar-refractivity contribution in [2.24, 2.45) is 0 Å². The van der Waals surface area contributed by atoms with Crippen LogP contribution in [0.1, 0.15) is 12.6 Å². The summed E-state index contributed by atoms with van der Waals surface area (Å²) >= 11 is 1.51. The van der Waals surface area contributed by atoms with Gasteiger partial charge in [-0.25, -0.2) is 0 Å². The van der Waals surface area contributed by atoms with Gasteiger partial charge in [-0.2, -0.15) is 14.7 Å². The quantitative estimate of drug-likeness (QED) is 0.581. The molecular formula is C14H13N7S. The smallest absolute Gasteiger partial charge is 0.235 e. The molecule has 4 aromatic rings. The van der Waals surface area contributed by atoms with Crippen molar-refractivity contribution < 1.29 is 0 Å². The van der Waals surface area contributed by atoms with Crippen molar-refractivity contribution in [1.82, 2.24) is 34.6 Å². The third kappa shape index (κ3) is 2.00. The Bertz CT molecular complexity index is 935. The summed E-state index contributed by atoms with van der Waals surface area (Å²) in [6.45, 7) is 4.86. The van der Waals surface area contributed by atoms with Gasteiger partial charge in [0.2, 0.25) is 4.96 Å². The van der Waals surface area contributed by atoms with Crippen LogP contribution in [0.2, 0.25) is 0 Å². The number of pyridine rings is 1. The van der Waals surface area contributed by atoms with Gasteiger partial charge in [0.1, 0.15) is 0 Å². The van der Waals surface area contributed by atoms with Crippen LogP contribution in [0, 0.1) is 6.92 Å². The normalized spacial score (nSPS) is 11.4. The summed E-state index contributed by atoms with van der Waals surface area (Å²) in [4.78, 5) is 4.79. The minimum Gasteiger partial charge on any atom is -0.265 e. The lowest BCUT2D eigenvalue weighted by Crippen LogP contribution is -1.99. The SMILES string of the molecule is CCn1nc(C)cc1-c1nn2c(-c3ccncc3)nnc2s1. The van der Waals surface area contributed by atoms with Crippen LogP contribution in [-0.4, -0.2) is 34.6 Å². The predicted molar refractivity (Wildman–Crippen MR) is 83.5 cm³/mol. The van der Waals surface area contributed by atoms with Crippen molar-refractivity contribution in [1.29, 1.82) is 0 Å². The fraction of sp³-hybridized carbons (Fsp3) is 0.214. The molecule has 0 aromatic carbocycles. The van der Waals surface area contributed by atoms with Crippen LogP contribution in [0.3, 0.4) is 0 Å². The van der Waals surface area contributed by atoms with E-state index in [2.05, 4.69) is 32.3 Å². The molecule has 0 spiro atoms. The summed E-state index contributed by atoms with van der Waals surface area (Å²) in [7, 11) is 0. The maximum absolute atomic E-state index is 4.67. The summed E-state index contributed by atoms with van der Waals surface area (Å²) in [6.07, 6.45) is 3.47. The van der Waals surface area contributed by atoms with Crippen molar-refractivity contribution in [2.45, 2.75) is 20.4 Å². The second-order valence-electron chi connectivity index (χ2n) is 4.85. The molecule has 22 heavy (non-hydrogen) atoms. The van der Waals surface area contributed by atoms with Crippen molar-refractivity contribution in [2.75, 3.05) is 0 Å². The summed E-state index contributed by atoms with van der Waals surface area (Å²) in [6, 6.07) is 5.84. The monoisotopic (exact) mass is 311 g/mol. The minimum absolute atomic E-state index is 0.721. The van der Waals surface area contributed by atoms with Crippen LogP contribution in [-0.2, 0) is 6.54 Å². The van der Waals surface area contributed by atoms with Gasteiger partial charge in [-0.1, -0.05) is 11.3 Å². The highest BCUT2D eigenvalue weighted by Gasteiger charge is 2.17. The van der Waals surface area contributed by atoms with E-state index in [1.807, 2.05) is 29.8 Å². The van der Waals surface area contributed by atoms with Crippen molar-refractivity contribution in [3.63, 3.8) is 0 Å². The topological polar surface area (TPSA) is 73.8 Å². The van der Waals surface area contributed by atoms with Crippen LogP contribution in [0.25, 0.3) is 27.1 Å². The highest BCUT2D eigenvalue weighted by Crippen LogP contribution is 2.28. The van der Waals surface area contributed by atoms with Crippen LogP contribution < -0.4 is 0 Å². The van der Waals surface area contributed by atoms with E-state index in [9.17, 15) is 0 Å². The second-order valence-corrected chi connectivity index (χ2v) is 5.80. The van der Waals surface area contributed by atoms with Crippen LogP contribution in [0.4, 0.5) is 0 Å². The lowest BCUT2D eigenvalue weighted by atomic mass is 10.2. The lowest BCUT2D eigenvalue weighted by molar-refractivity contribution is 0.659. The van der Waals surface area contributed by atoms with Gasteiger partial charge in [0, 0.05) is 24.5 Å². The van der Waals surface area contributed by atoms with Gasteiger partial charge in [-0.05, 0) is 32.0 Å². The van der Waals surface area contributed by atoms with Crippen LogP contribution in [0.5, 0.6) is 0 Å². The molecule has 0 unspecified atom stereocenters. The zero-order valence-corrected chi connectivity index (χ0v) is 12.9. The summed E-state index contributed by atoms with van der Waals surface area (Å²) < 4.78 is 3.73. The number of aryl methyl sites for hydroxylation is 2. The molecule has 0 radical (unpaired) electrons. The summed E-state index contributed by atoms with van der Waals surface area (Å²) in [5.41, 5.74) is 2.94. The van der Waals surface area contributed by atoms with Crippen LogP contribution >= 0.6 is 11.3 Å². The molecule has 7 nitrogen and oxygen atoms in total. The van der Waals surface area contributed by atoms with E-state index >= 15 is 0 Å². The number of nitrogens with zero attached hydrogens (tertiary/aromatic N) is 7. The average molecular weight is 311 g/mol. The Morgan fingerprint density at radius 3 is 2.73 bits per heavy atom. The Labute approximate surface area is 130 Å². The standard InChI is InChI=1S/C14H13N7S/c1-3-20-11(8-9(2)18-20)13-19-21-12(16-17-14(21)22-13)10-4-6-15-7-5-10/h4-8H,3H2,1-2H3. The van der Waals surface area contributed by atoms with E-state index in [0.717, 1.165) is 39.3 Å². The number of rotatable bonds is 3. The van der Waals surface area contributed by atoms with Gasteiger partial charge in [-0.15, -0.1) is 10.2 Å². The molecule has 4 heterocycles. The van der Waals surface area contributed by atoms with E-state index in [0.29, 0.717) is 0 Å². The van der Waals surface area contributed by atoms with Crippen molar-refractivity contribution >= 4 is 16.3 Å². The van der Waals surface area contributed by atoms with Crippen molar-refractivity contribution in [3.8, 4) is 22.1 Å². The molecule has 0 N–H and O–H groups in total. The Kier molecular flexibility index (Phi) is 2.97. The largest absolute Gasteiger partial charge is 0.265 e. The number of hydrogen-bond acceptors (Lipinski definition) is 6. The zero-order valence-electron chi connectivity index (χ0n) is 12.1. The first-order chi connectivity index (χ1) is 10.8. The van der Waals surface area contributed by atoms with E-state index in [1.165, 1.54) is 11.3 Å². The first-order valence-electron chi connectivity index (χ1n) is 6.93. The van der Waals surface area contributed by atoms with Gasteiger partial charge in [0.05, 0.1) is 11.4 Å². The molecule has 4 aromatic heterocycles. The second kappa shape index (κ2) is 4.99. The Morgan fingerprint density at radius 1 is 1.14 bits per heavy atom. The first kappa shape index (κ1) is 13.1. The first-order valence-corrected chi connectivity index (χ1v) is 7.75. The number of aromatic nitrogens is 7. The van der Waals surface area contributed by atoms with Gasteiger partial charge in [0.25, 0.3) is 0 Å². The fourth-order valence-electron chi connectivity index (χ4n) is 2.36. The predicted octanol–water partition coefficient (Wildman–Crippen LogP) is 2.44. The maximum atomic E-state index is 4.67. The molecule has 0 bridgehead atoms. The Balaban J connectivity index is 1.87. The average Bonchev–Trinajstić information content (AvgIpc) is 3.20. The zero-order chi connectivity index (χ0) is 15.1. The highest BCUT2D eigenvalue weighted by molar-refractivity contribution is 7.19. The Hall–Kier alpha value is -2.61. The molecule has 0 aliphatic carbocycles. The van der Waals surface area contributed by atoms with E-state index in [4.69, 9.17) is 0 Å². The third-order valence-electron chi connectivity index (χ3n) is 3.35. The molecular weight excluding hydrogens is 298 g/mol. The van der Waals surface area contributed by atoms with Crippen molar-refractivity contribution in [3.05, 3.63) is 36.3 Å². The molecule has 0 fully saturated rings. The maximum Gasteiger partial charge on any atom is 0.235 e. The van der Waals surface area contributed by atoms with Gasteiger partial charge < -0.3 is 0 Å². The van der Waals surface area contributed by atoms with E-state index < -0.39 is 0 Å². The molecule has 0 saturated heterocycles. The van der Waals surface area contributed by atoms with E-state index in [-0.39, 0.29) is 0 Å². The molecule has 8 heteroatoms. The summed E-state index contributed by atoms with van der Waals surface area (Å²) in [5.74, 6) is 0.721. The van der Waals surface area contributed by atoms with Gasteiger partial charge in [0.15, 0.2) is 10.8 Å². The molecule has 0 aliphatic rings. The lowest BCUT2D eigenvalue weighted by Gasteiger charge is -1.99. The number of hydrogen-bond donors (Lipinski definition) is 0. The molecule has 0 aliphatic heterocycles. The molecule has 110 valence electrons. The Morgan fingerprint density at radius 2 is 1.95 bits per heavy atom. The number of fused-ring (bicyclic) bond motifs is 1. The van der Waals surface area contributed by atoms with Gasteiger partial charge in [-0.3, -0.25) is 9.67 Å². The van der Waals surface area contributed by atoms with E-state index in [1.54, 1.807) is 16.9 Å². The summed E-state index contributed by atoms with van der Waals surface area (Å²) in [5, 5.41) is 18.5. The molecule has 0 atom stereocenters. The molecule has 0 saturated carbocycles. The molecule has 0 amide bonds. The highest BCUT2D eigenvalue weighted by atomic mass is 32.1. The third-order valence-corrected chi connectivity index (χ3v) is 4.27. The molecule has 4 rings (SSSR count).